The third-order valence-electron chi connectivity index (χ3n) is 3.94. The fourth-order valence-corrected chi connectivity index (χ4v) is 2.73. The lowest BCUT2D eigenvalue weighted by Crippen LogP contribution is -2.27. The Morgan fingerprint density at radius 1 is 1.26 bits per heavy atom. The van der Waals surface area contributed by atoms with Crippen molar-refractivity contribution in [2.45, 2.75) is 39.5 Å². The Morgan fingerprint density at radius 3 is 2.65 bits per heavy atom. The minimum atomic E-state index is 0. The molecule has 0 aliphatic carbocycles. The number of fused-ring (bicyclic) bond motifs is 1. The van der Waals surface area contributed by atoms with Crippen LogP contribution in [-0.4, -0.2) is 26.0 Å². The highest BCUT2D eigenvalue weighted by molar-refractivity contribution is 5.88. The van der Waals surface area contributed by atoms with Crippen molar-refractivity contribution in [1.82, 2.24) is 10.6 Å². The molecule has 2 N–H and O–H groups in total. The SMILES string of the molecule is CNCCCNC(=O)Cc1coc2cc(C)c(C(C)C)cc12.Cl. The van der Waals surface area contributed by atoms with Gasteiger partial charge in [0.15, 0.2) is 0 Å². The Balaban J connectivity index is 0.00000264. The van der Waals surface area contributed by atoms with Gasteiger partial charge in [-0.05, 0) is 56.1 Å². The van der Waals surface area contributed by atoms with Gasteiger partial charge in [-0.15, -0.1) is 12.4 Å². The van der Waals surface area contributed by atoms with Crippen LogP contribution in [0, 0.1) is 6.92 Å². The number of carbonyl (C=O) groups is 1. The highest BCUT2D eigenvalue weighted by Crippen LogP contribution is 2.29. The summed E-state index contributed by atoms with van der Waals surface area (Å²) >= 11 is 0. The maximum atomic E-state index is 12.0. The molecule has 1 aromatic carbocycles. The van der Waals surface area contributed by atoms with Gasteiger partial charge in [-0.2, -0.15) is 0 Å². The molecular formula is C18H27ClN2O2. The number of amides is 1. The van der Waals surface area contributed by atoms with E-state index in [1.165, 1.54) is 11.1 Å². The largest absolute Gasteiger partial charge is 0.464 e. The van der Waals surface area contributed by atoms with Crippen LogP contribution in [0.2, 0.25) is 0 Å². The van der Waals surface area contributed by atoms with E-state index in [0.717, 1.165) is 29.5 Å². The standard InChI is InChI=1S/C18H26N2O2.ClH/c1-12(2)15-10-16-14(11-22-17(16)8-13(15)3)9-18(21)20-7-5-6-19-4;/h8,10-12,19H,5-7,9H2,1-4H3,(H,20,21);1H. The number of hydrogen-bond donors (Lipinski definition) is 2. The summed E-state index contributed by atoms with van der Waals surface area (Å²) in [7, 11) is 1.91. The molecule has 0 saturated heterocycles. The van der Waals surface area contributed by atoms with Gasteiger partial charge in [-0.1, -0.05) is 13.8 Å². The minimum Gasteiger partial charge on any atom is -0.464 e. The normalized spacial score (nSPS) is 10.8. The zero-order chi connectivity index (χ0) is 16.1. The number of benzene rings is 1. The number of hydrogen-bond acceptors (Lipinski definition) is 3. The van der Waals surface area contributed by atoms with E-state index in [1.807, 2.05) is 7.05 Å². The van der Waals surface area contributed by atoms with Gasteiger partial charge in [-0.25, -0.2) is 0 Å². The molecule has 0 fully saturated rings. The van der Waals surface area contributed by atoms with Crippen molar-refractivity contribution in [3.8, 4) is 0 Å². The van der Waals surface area contributed by atoms with Gasteiger partial charge < -0.3 is 15.1 Å². The summed E-state index contributed by atoms with van der Waals surface area (Å²) in [5.41, 5.74) is 4.37. The Labute approximate surface area is 144 Å². The van der Waals surface area contributed by atoms with Crippen molar-refractivity contribution in [1.29, 1.82) is 0 Å². The van der Waals surface area contributed by atoms with Gasteiger partial charge in [-0.3, -0.25) is 4.79 Å². The van der Waals surface area contributed by atoms with E-state index >= 15 is 0 Å². The molecule has 4 nitrogen and oxygen atoms in total. The van der Waals surface area contributed by atoms with Crippen LogP contribution in [0.15, 0.2) is 22.8 Å². The van der Waals surface area contributed by atoms with Crippen LogP contribution in [0.5, 0.6) is 0 Å². The fraction of sp³-hybridized carbons (Fsp3) is 0.500. The summed E-state index contributed by atoms with van der Waals surface area (Å²) in [6.45, 7) is 8.08. The van der Waals surface area contributed by atoms with Crippen molar-refractivity contribution >= 4 is 29.3 Å². The molecule has 0 saturated carbocycles. The molecule has 1 amide bonds. The van der Waals surface area contributed by atoms with Crippen LogP contribution in [0.3, 0.4) is 0 Å². The number of carbonyl (C=O) groups excluding carboxylic acids is 1. The molecule has 0 aliphatic heterocycles. The zero-order valence-corrected chi connectivity index (χ0v) is 15.2. The number of nitrogens with one attached hydrogen (secondary N) is 2. The molecule has 0 atom stereocenters. The second-order valence-electron chi connectivity index (χ2n) is 6.10. The fourth-order valence-electron chi connectivity index (χ4n) is 2.73. The van der Waals surface area contributed by atoms with Crippen LogP contribution < -0.4 is 10.6 Å². The van der Waals surface area contributed by atoms with Crippen LogP contribution in [-0.2, 0) is 11.2 Å². The van der Waals surface area contributed by atoms with Crippen molar-refractivity contribution in [2.24, 2.45) is 0 Å². The van der Waals surface area contributed by atoms with E-state index in [-0.39, 0.29) is 18.3 Å². The van der Waals surface area contributed by atoms with E-state index < -0.39 is 0 Å². The van der Waals surface area contributed by atoms with E-state index in [0.29, 0.717) is 18.9 Å². The zero-order valence-electron chi connectivity index (χ0n) is 14.4. The van der Waals surface area contributed by atoms with Crippen molar-refractivity contribution in [3.63, 3.8) is 0 Å². The molecule has 2 rings (SSSR count). The average molecular weight is 339 g/mol. The minimum absolute atomic E-state index is 0. The lowest BCUT2D eigenvalue weighted by molar-refractivity contribution is -0.120. The molecule has 5 heteroatoms. The average Bonchev–Trinajstić information content (AvgIpc) is 2.84. The topological polar surface area (TPSA) is 54.3 Å². The van der Waals surface area contributed by atoms with Crippen LogP contribution in [0.4, 0.5) is 0 Å². The predicted octanol–water partition coefficient (Wildman–Crippen LogP) is 3.55. The summed E-state index contributed by atoms with van der Waals surface area (Å²) in [5.74, 6) is 0.507. The van der Waals surface area contributed by atoms with Crippen molar-refractivity contribution in [2.75, 3.05) is 20.1 Å². The molecular weight excluding hydrogens is 312 g/mol. The van der Waals surface area contributed by atoms with E-state index in [1.54, 1.807) is 6.26 Å². The molecule has 1 aromatic heterocycles. The van der Waals surface area contributed by atoms with Crippen LogP contribution in [0.25, 0.3) is 11.0 Å². The molecule has 2 aromatic rings. The molecule has 0 aliphatic rings. The van der Waals surface area contributed by atoms with E-state index in [4.69, 9.17) is 4.42 Å². The Kier molecular flexibility index (Phi) is 7.59. The molecule has 23 heavy (non-hydrogen) atoms. The third kappa shape index (κ3) is 4.98. The molecule has 128 valence electrons. The number of furan rings is 1. The van der Waals surface area contributed by atoms with Gasteiger partial charge in [0, 0.05) is 17.5 Å². The van der Waals surface area contributed by atoms with Crippen molar-refractivity contribution in [3.05, 3.63) is 35.1 Å². The van der Waals surface area contributed by atoms with Crippen LogP contribution in [0.1, 0.15) is 42.9 Å². The number of aryl methyl sites for hydroxylation is 1. The van der Waals surface area contributed by atoms with Gasteiger partial charge in [0.2, 0.25) is 5.91 Å². The first-order valence-electron chi connectivity index (χ1n) is 7.94. The molecule has 0 bridgehead atoms. The van der Waals surface area contributed by atoms with E-state index in [2.05, 4.69) is 43.5 Å². The van der Waals surface area contributed by atoms with Crippen molar-refractivity contribution < 1.29 is 9.21 Å². The summed E-state index contributed by atoms with van der Waals surface area (Å²) < 4.78 is 5.62. The van der Waals surface area contributed by atoms with Gasteiger partial charge in [0.05, 0.1) is 12.7 Å². The first-order valence-corrected chi connectivity index (χ1v) is 7.94. The van der Waals surface area contributed by atoms with E-state index in [9.17, 15) is 4.79 Å². The smallest absolute Gasteiger partial charge is 0.224 e. The maximum absolute atomic E-state index is 12.0. The second kappa shape index (κ2) is 8.94. The number of halogens is 1. The lowest BCUT2D eigenvalue weighted by atomic mass is 9.95. The summed E-state index contributed by atoms with van der Waals surface area (Å²) in [4.78, 5) is 12.0. The second-order valence-corrected chi connectivity index (χ2v) is 6.10. The molecule has 1 heterocycles. The summed E-state index contributed by atoms with van der Waals surface area (Å²) in [6.07, 6.45) is 3.01. The highest BCUT2D eigenvalue weighted by Gasteiger charge is 2.13. The van der Waals surface area contributed by atoms with Gasteiger partial charge >= 0.3 is 0 Å². The third-order valence-corrected chi connectivity index (χ3v) is 3.94. The molecule has 0 radical (unpaired) electrons. The summed E-state index contributed by atoms with van der Waals surface area (Å²) in [6, 6.07) is 4.24. The molecule has 0 spiro atoms. The Bertz CT molecular complexity index is 650. The lowest BCUT2D eigenvalue weighted by Gasteiger charge is -2.10. The summed E-state index contributed by atoms with van der Waals surface area (Å²) in [5, 5.41) is 7.07. The molecule has 0 unspecified atom stereocenters. The quantitative estimate of drug-likeness (QED) is 0.759. The Morgan fingerprint density at radius 2 is 2.00 bits per heavy atom. The first kappa shape index (κ1) is 19.5. The predicted molar refractivity (Wildman–Crippen MR) is 97.5 cm³/mol. The number of rotatable bonds is 7. The first-order chi connectivity index (χ1) is 10.5. The highest BCUT2D eigenvalue weighted by atomic mass is 35.5. The Hall–Kier alpha value is -1.52. The van der Waals surface area contributed by atoms with Gasteiger partial charge in [0.1, 0.15) is 5.58 Å². The maximum Gasteiger partial charge on any atom is 0.224 e. The monoisotopic (exact) mass is 338 g/mol. The van der Waals surface area contributed by atoms with Crippen LogP contribution >= 0.6 is 12.4 Å². The van der Waals surface area contributed by atoms with Gasteiger partial charge in [0.25, 0.3) is 0 Å².